The fourth-order valence-electron chi connectivity index (χ4n) is 2.49. The van der Waals surface area contributed by atoms with Crippen molar-refractivity contribution in [3.63, 3.8) is 0 Å². The van der Waals surface area contributed by atoms with E-state index in [4.69, 9.17) is 21.1 Å². The first-order valence-corrected chi connectivity index (χ1v) is 9.19. The van der Waals surface area contributed by atoms with Gasteiger partial charge in [-0.3, -0.25) is 0 Å². The maximum atomic E-state index is 13.0. The average molecular weight is 381 g/mol. The second kappa shape index (κ2) is 11.0. The summed E-state index contributed by atoms with van der Waals surface area (Å²) in [5, 5.41) is 7.01. The van der Waals surface area contributed by atoms with Gasteiger partial charge in [-0.1, -0.05) is 23.7 Å². The Labute approximate surface area is 159 Å². The molecule has 0 atom stereocenters. The van der Waals surface area contributed by atoms with Gasteiger partial charge in [0.2, 0.25) is 0 Å². The largest absolute Gasteiger partial charge is 0.490 e. The molecule has 4 nitrogen and oxygen atoms in total. The highest BCUT2D eigenvalue weighted by molar-refractivity contribution is 6.32. The number of nitrogens with one attached hydrogen (secondary N) is 2. The molecular weight excluding hydrogens is 355 g/mol. The molecule has 2 rings (SSSR count). The van der Waals surface area contributed by atoms with Crippen LogP contribution in [-0.2, 0) is 13.2 Å². The van der Waals surface area contributed by atoms with E-state index in [1.165, 1.54) is 12.1 Å². The first kappa shape index (κ1) is 20.5. The van der Waals surface area contributed by atoms with Gasteiger partial charge in [0.05, 0.1) is 11.6 Å². The molecule has 0 radical (unpaired) electrons. The van der Waals surface area contributed by atoms with Crippen molar-refractivity contribution >= 4 is 11.6 Å². The number of hydrogen-bond acceptors (Lipinski definition) is 4. The Morgan fingerprint density at radius 1 is 1.04 bits per heavy atom. The van der Waals surface area contributed by atoms with Gasteiger partial charge in [0.15, 0.2) is 11.5 Å². The third-order valence-corrected chi connectivity index (χ3v) is 4.06. The molecule has 0 unspecified atom stereocenters. The minimum atomic E-state index is -0.270. The minimum Gasteiger partial charge on any atom is -0.490 e. The molecule has 2 aromatic carbocycles. The molecule has 0 spiro atoms. The van der Waals surface area contributed by atoms with Crippen LogP contribution in [-0.4, -0.2) is 26.7 Å². The maximum Gasteiger partial charge on any atom is 0.180 e. The van der Waals surface area contributed by atoms with Crippen LogP contribution in [0.1, 0.15) is 24.5 Å². The van der Waals surface area contributed by atoms with Gasteiger partial charge in [-0.15, -0.1) is 0 Å². The van der Waals surface area contributed by atoms with E-state index in [1.807, 2.05) is 26.1 Å². The van der Waals surface area contributed by atoms with E-state index >= 15 is 0 Å². The monoisotopic (exact) mass is 380 g/mol. The van der Waals surface area contributed by atoms with Crippen molar-refractivity contribution in [2.45, 2.75) is 26.5 Å². The molecule has 0 bridgehead atoms. The van der Waals surface area contributed by atoms with Crippen molar-refractivity contribution in [2.75, 3.05) is 26.7 Å². The summed E-state index contributed by atoms with van der Waals surface area (Å²) in [6, 6.07) is 10.0. The van der Waals surface area contributed by atoms with Crippen LogP contribution in [0.15, 0.2) is 36.4 Å². The Morgan fingerprint density at radius 2 is 1.81 bits per heavy atom. The molecule has 0 aliphatic carbocycles. The van der Waals surface area contributed by atoms with Crippen molar-refractivity contribution in [3.05, 3.63) is 58.4 Å². The highest BCUT2D eigenvalue weighted by Crippen LogP contribution is 2.37. The topological polar surface area (TPSA) is 42.5 Å². The maximum absolute atomic E-state index is 13.0. The van der Waals surface area contributed by atoms with E-state index in [9.17, 15) is 4.39 Å². The predicted octanol–water partition coefficient (Wildman–Crippen LogP) is 4.16. The zero-order valence-electron chi connectivity index (χ0n) is 15.3. The molecule has 0 fully saturated rings. The number of benzene rings is 2. The third kappa shape index (κ3) is 6.48. The summed E-state index contributed by atoms with van der Waals surface area (Å²) in [7, 11) is 1.94. The Hall–Kier alpha value is -1.82. The SMILES string of the molecule is CCOc1cc(CNCCCNC)cc(Cl)c1OCc1ccc(F)cc1. The molecule has 0 saturated carbocycles. The van der Waals surface area contributed by atoms with Crippen LogP contribution >= 0.6 is 11.6 Å². The van der Waals surface area contributed by atoms with Gasteiger partial charge in [0.25, 0.3) is 0 Å². The lowest BCUT2D eigenvalue weighted by molar-refractivity contribution is 0.269. The molecule has 0 saturated heterocycles. The van der Waals surface area contributed by atoms with Crippen LogP contribution in [0.25, 0.3) is 0 Å². The van der Waals surface area contributed by atoms with Crippen molar-refractivity contribution < 1.29 is 13.9 Å². The van der Waals surface area contributed by atoms with Crippen molar-refractivity contribution in [3.8, 4) is 11.5 Å². The number of ether oxygens (including phenoxy) is 2. The lowest BCUT2D eigenvalue weighted by Crippen LogP contribution is -2.19. The van der Waals surface area contributed by atoms with Gasteiger partial charge in [-0.2, -0.15) is 0 Å². The molecular formula is C20H26ClFN2O2. The lowest BCUT2D eigenvalue weighted by atomic mass is 10.2. The molecule has 0 amide bonds. The standard InChI is InChI=1S/C20H26ClFN2O2/c1-3-25-19-12-16(13-24-10-4-9-23-2)11-18(21)20(19)26-14-15-5-7-17(22)8-6-15/h5-8,11-12,23-24H,3-4,9-10,13-14H2,1-2H3. The number of hydrogen-bond donors (Lipinski definition) is 2. The first-order chi connectivity index (χ1) is 12.6. The molecule has 2 aromatic rings. The van der Waals surface area contributed by atoms with Gasteiger partial charge in [-0.05, 0) is 68.9 Å². The Kier molecular flexibility index (Phi) is 8.68. The number of rotatable bonds is 11. The second-order valence-corrected chi connectivity index (χ2v) is 6.29. The highest BCUT2D eigenvalue weighted by atomic mass is 35.5. The summed E-state index contributed by atoms with van der Waals surface area (Å²) in [4.78, 5) is 0. The van der Waals surface area contributed by atoms with Crippen molar-refractivity contribution in [2.24, 2.45) is 0 Å². The fourth-order valence-corrected chi connectivity index (χ4v) is 2.77. The van der Waals surface area contributed by atoms with Crippen LogP contribution in [0.4, 0.5) is 4.39 Å². The smallest absolute Gasteiger partial charge is 0.180 e. The van der Waals surface area contributed by atoms with Crippen LogP contribution in [0.3, 0.4) is 0 Å². The molecule has 0 aliphatic heterocycles. The van der Waals surface area contributed by atoms with Crippen molar-refractivity contribution in [1.29, 1.82) is 0 Å². The van der Waals surface area contributed by atoms with Gasteiger partial charge >= 0.3 is 0 Å². The van der Waals surface area contributed by atoms with Crippen LogP contribution in [0.5, 0.6) is 11.5 Å². The lowest BCUT2D eigenvalue weighted by Gasteiger charge is -2.16. The van der Waals surface area contributed by atoms with E-state index in [0.29, 0.717) is 36.3 Å². The van der Waals surface area contributed by atoms with Crippen molar-refractivity contribution in [1.82, 2.24) is 10.6 Å². The number of halogens is 2. The Balaban J connectivity index is 2.03. The first-order valence-electron chi connectivity index (χ1n) is 8.81. The molecule has 0 aromatic heterocycles. The summed E-state index contributed by atoms with van der Waals surface area (Å²) in [6.45, 7) is 5.34. The van der Waals surface area contributed by atoms with Gasteiger partial charge in [0, 0.05) is 6.54 Å². The van der Waals surface area contributed by atoms with E-state index < -0.39 is 0 Å². The minimum absolute atomic E-state index is 0.270. The summed E-state index contributed by atoms with van der Waals surface area (Å²) in [6.07, 6.45) is 1.06. The quantitative estimate of drug-likeness (QED) is 0.574. The average Bonchev–Trinajstić information content (AvgIpc) is 2.62. The summed E-state index contributed by atoms with van der Waals surface area (Å²) in [5.74, 6) is 0.860. The third-order valence-electron chi connectivity index (χ3n) is 3.78. The second-order valence-electron chi connectivity index (χ2n) is 5.89. The fraction of sp³-hybridized carbons (Fsp3) is 0.400. The van der Waals surface area contributed by atoms with Crippen LogP contribution in [0, 0.1) is 5.82 Å². The molecule has 0 aliphatic rings. The Bertz CT molecular complexity index is 680. The zero-order valence-corrected chi connectivity index (χ0v) is 16.0. The van der Waals surface area contributed by atoms with E-state index in [1.54, 1.807) is 12.1 Å². The van der Waals surface area contributed by atoms with Crippen LogP contribution < -0.4 is 20.1 Å². The molecule has 0 heterocycles. The summed E-state index contributed by atoms with van der Waals surface area (Å²) in [5.41, 5.74) is 1.90. The summed E-state index contributed by atoms with van der Waals surface area (Å²) < 4.78 is 24.6. The highest BCUT2D eigenvalue weighted by Gasteiger charge is 2.13. The van der Waals surface area contributed by atoms with E-state index in [0.717, 1.165) is 30.6 Å². The summed E-state index contributed by atoms with van der Waals surface area (Å²) >= 11 is 6.42. The van der Waals surface area contributed by atoms with Gasteiger partial charge in [-0.25, -0.2) is 4.39 Å². The normalized spacial score (nSPS) is 10.8. The van der Waals surface area contributed by atoms with E-state index in [2.05, 4.69) is 10.6 Å². The van der Waals surface area contributed by atoms with E-state index in [-0.39, 0.29) is 5.82 Å². The molecule has 2 N–H and O–H groups in total. The van der Waals surface area contributed by atoms with Gasteiger partial charge in [0.1, 0.15) is 12.4 Å². The Morgan fingerprint density at radius 3 is 2.50 bits per heavy atom. The van der Waals surface area contributed by atoms with Gasteiger partial charge < -0.3 is 20.1 Å². The zero-order chi connectivity index (χ0) is 18.8. The molecule has 6 heteroatoms. The molecule has 26 heavy (non-hydrogen) atoms. The molecule has 142 valence electrons. The predicted molar refractivity (Wildman–Crippen MR) is 104 cm³/mol. The van der Waals surface area contributed by atoms with Crippen LogP contribution in [0.2, 0.25) is 5.02 Å².